The highest BCUT2D eigenvalue weighted by Crippen LogP contribution is 2.70. The van der Waals surface area contributed by atoms with E-state index in [0.29, 0.717) is 0 Å². The molecule has 0 heterocycles. The van der Waals surface area contributed by atoms with Crippen LogP contribution in [0.1, 0.15) is 94.9 Å². The van der Waals surface area contributed by atoms with Crippen LogP contribution >= 0.6 is 0 Å². The molecule has 1 heteroatoms. The van der Waals surface area contributed by atoms with Crippen molar-refractivity contribution in [1.29, 1.82) is 0 Å². The molecule has 6 aliphatic rings. The summed E-state index contributed by atoms with van der Waals surface area (Å²) >= 11 is 0. The van der Waals surface area contributed by atoms with Gasteiger partial charge in [0.2, 0.25) is 0 Å². The Bertz CT molecular complexity index is 2060. The molecule has 0 atom stereocenters. The zero-order valence-corrected chi connectivity index (χ0v) is 29.7. The molecule has 1 spiro atoms. The van der Waals surface area contributed by atoms with E-state index in [0.717, 1.165) is 23.7 Å². The number of para-hydroxylation sites is 1. The number of hydrogen-bond acceptors (Lipinski definition) is 1. The first-order valence-corrected chi connectivity index (χ1v) is 19.1. The third kappa shape index (κ3) is 4.24. The Kier molecular flexibility index (Phi) is 6.36. The minimum Gasteiger partial charge on any atom is -0.310 e. The van der Waals surface area contributed by atoms with Gasteiger partial charge >= 0.3 is 0 Å². The highest BCUT2D eigenvalue weighted by atomic mass is 15.1. The van der Waals surface area contributed by atoms with E-state index in [1.807, 2.05) is 0 Å². The summed E-state index contributed by atoms with van der Waals surface area (Å²) in [7, 11) is 0. The standard InChI is InChI=1S/C48H49N/c1-46(2)22-23-47(3,4)45-41(46)16-11-17-44(45)49(37-14-9-6-10-15-37)38-19-21-40-39-20-18-34(33-12-7-5-8-13-33)29-42(39)48(43(40)30-38)35-25-31-24-32(27-35)28-36(48)26-31/h5-21,29-32,35-36H,22-28H2,1-4H3. The number of hydrogen-bond donors (Lipinski definition) is 0. The fourth-order valence-corrected chi connectivity index (χ4v) is 12.0. The Balaban J connectivity index is 1.21. The minimum atomic E-state index is 0.0952. The molecule has 0 saturated heterocycles. The van der Waals surface area contributed by atoms with Gasteiger partial charge in [-0.1, -0.05) is 107 Å². The zero-order valence-electron chi connectivity index (χ0n) is 29.7. The predicted octanol–water partition coefficient (Wildman–Crippen LogP) is 12.9. The van der Waals surface area contributed by atoms with Gasteiger partial charge in [-0.15, -0.1) is 0 Å². The molecular weight excluding hydrogens is 591 g/mol. The summed E-state index contributed by atoms with van der Waals surface area (Å²) < 4.78 is 0. The highest BCUT2D eigenvalue weighted by molar-refractivity contribution is 5.89. The molecule has 0 radical (unpaired) electrons. The number of nitrogens with zero attached hydrogens (tertiary/aromatic N) is 1. The maximum atomic E-state index is 2.67. The van der Waals surface area contributed by atoms with Crippen molar-refractivity contribution in [2.24, 2.45) is 23.7 Å². The molecule has 4 saturated carbocycles. The molecule has 0 aromatic heterocycles. The summed E-state index contributed by atoms with van der Waals surface area (Å²) in [5.41, 5.74) is 16.2. The molecule has 4 fully saturated rings. The van der Waals surface area contributed by atoms with Gasteiger partial charge in [-0.25, -0.2) is 0 Å². The topological polar surface area (TPSA) is 3.24 Å². The van der Waals surface area contributed by atoms with Gasteiger partial charge in [0.05, 0.1) is 5.69 Å². The lowest BCUT2D eigenvalue weighted by Crippen LogP contribution is -2.55. The van der Waals surface area contributed by atoms with Crippen LogP contribution in [0, 0.1) is 23.7 Å². The Morgan fingerprint density at radius 2 is 1.10 bits per heavy atom. The summed E-state index contributed by atoms with van der Waals surface area (Å²) in [6, 6.07) is 44.5. The first-order chi connectivity index (χ1) is 23.7. The van der Waals surface area contributed by atoms with Crippen molar-refractivity contribution in [2.45, 2.75) is 88.9 Å². The summed E-state index contributed by atoms with van der Waals surface area (Å²) in [4.78, 5) is 2.62. The van der Waals surface area contributed by atoms with Crippen molar-refractivity contribution in [1.82, 2.24) is 0 Å². The lowest BCUT2D eigenvalue weighted by Gasteiger charge is -2.61. The fraction of sp³-hybridized carbons (Fsp3) is 0.375. The molecule has 49 heavy (non-hydrogen) atoms. The second-order valence-corrected chi connectivity index (χ2v) is 17.7. The maximum absolute atomic E-state index is 2.67. The fourth-order valence-electron chi connectivity index (χ4n) is 12.0. The molecule has 0 amide bonds. The van der Waals surface area contributed by atoms with E-state index in [1.54, 1.807) is 11.1 Å². The van der Waals surface area contributed by atoms with Crippen LogP contribution in [-0.4, -0.2) is 0 Å². The summed E-state index contributed by atoms with van der Waals surface area (Å²) in [6.45, 7) is 9.84. The zero-order chi connectivity index (χ0) is 33.1. The van der Waals surface area contributed by atoms with Gasteiger partial charge in [0.1, 0.15) is 0 Å². The molecule has 1 nitrogen and oxygen atoms in total. The van der Waals surface area contributed by atoms with Crippen LogP contribution in [0.25, 0.3) is 22.3 Å². The third-order valence-electron chi connectivity index (χ3n) is 14.1. The van der Waals surface area contributed by atoms with E-state index in [-0.39, 0.29) is 16.2 Å². The Morgan fingerprint density at radius 3 is 1.80 bits per heavy atom. The van der Waals surface area contributed by atoms with Crippen LogP contribution in [0.2, 0.25) is 0 Å². The normalized spacial score (nSPS) is 27.8. The first-order valence-electron chi connectivity index (χ1n) is 19.1. The van der Waals surface area contributed by atoms with Gasteiger partial charge in [0.15, 0.2) is 0 Å². The van der Waals surface area contributed by atoms with Crippen LogP contribution in [0.15, 0.2) is 115 Å². The van der Waals surface area contributed by atoms with E-state index >= 15 is 0 Å². The number of benzene rings is 5. The molecule has 5 aromatic rings. The molecule has 6 aliphatic carbocycles. The van der Waals surface area contributed by atoms with Crippen molar-refractivity contribution >= 4 is 17.1 Å². The Labute approximate surface area is 293 Å². The lowest BCUT2D eigenvalue weighted by molar-refractivity contribution is -0.0399. The van der Waals surface area contributed by atoms with E-state index in [1.165, 1.54) is 95.4 Å². The van der Waals surface area contributed by atoms with Gasteiger partial charge in [-0.2, -0.15) is 0 Å². The lowest BCUT2D eigenvalue weighted by atomic mass is 9.43. The van der Waals surface area contributed by atoms with Crippen molar-refractivity contribution in [2.75, 3.05) is 4.90 Å². The molecule has 5 aromatic carbocycles. The molecule has 0 aliphatic heterocycles. The smallest absolute Gasteiger partial charge is 0.0502 e. The number of rotatable bonds is 4. The van der Waals surface area contributed by atoms with Gasteiger partial charge < -0.3 is 4.90 Å². The van der Waals surface area contributed by atoms with Crippen molar-refractivity contribution < 1.29 is 0 Å². The van der Waals surface area contributed by atoms with E-state index in [9.17, 15) is 0 Å². The van der Waals surface area contributed by atoms with Gasteiger partial charge in [0.25, 0.3) is 0 Å². The second kappa shape index (κ2) is 10.5. The average molecular weight is 640 g/mol. The average Bonchev–Trinajstić information content (AvgIpc) is 3.39. The maximum Gasteiger partial charge on any atom is 0.0502 e. The first kappa shape index (κ1) is 29.8. The van der Waals surface area contributed by atoms with Crippen LogP contribution in [0.3, 0.4) is 0 Å². The Morgan fingerprint density at radius 1 is 0.490 bits per heavy atom. The largest absolute Gasteiger partial charge is 0.310 e. The van der Waals surface area contributed by atoms with Crippen molar-refractivity contribution in [3.05, 3.63) is 138 Å². The quantitative estimate of drug-likeness (QED) is 0.189. The van der Waals surface area contributed by atoms with Crippen molar-refractivity contribution in [3.8, 4) is 22.3 Å². The van der Waals surface area contributed by atoms with Gasteiger partial charge in [-0.3, -0.25) is 0 Å². The van der Waals surface area contributed by atoms with Crippen molar-refractivity contribution in [3.63, 3.8) is 0 Å². The number of anilines is 3. The number of fused-ring (bicyclic) bond motifs is 4. The SMILES string of the molecule is CC1(C)CCC(C)(C)c2c(N(c3ccccc3)c3ccc4c(c3)C3(c5cc(-c6ccccc6)ccc5-4)C4CC5CC(C4)CC3C5)cccc21. The van der Waals surface area contributed by atoms with E-state index < -0.39 is 0 Å². The molecule has 0 unspecified atom stereocenters. The van der Waals surface area contributed by atoms with Crippen LogP contribution in [0.5, 0.6) is 0 Å². The molecule has 11 rings (SSSR count). The molecule has 4 bridgehead atoms. The monoisotopic (exact) mass is 639 g/mol. The summed E-state index contributed by atoms with van der Waals surface area (Å²) in [5.74, 6) is 3.28. The van der Waals surface area contributed by atoms with Crippen LogP contribution < -0.4 is 4.90 Å². The Hall–Kier alpha value is -4.10. The molecule has 246 valence electrons. The molecule has 0 N–H and O–H groups in total. The second-order valence-electron chi connectivity index (χ2n) is 17.7. The van der Waals surface area contributed by atoms with E-state index in [4.69, 9.17) is 0 Å². The summed E-state index contributed by atoms with van der Waals surface area (Å²) in [5, 5.41) is 0. The van der Waals surface area contributed by atoms with Crippen LogP contribution in [-0.2, 0) is 16.2 Å². The third-order valence-corrected chi connectivity index (χ3v) is 14.1. The minimum absolute atomic E-state index is 0.0952. The summed E-state index contributed by atoms with van der Waals surface area (Å²) in [6.07, 6.45) is 9.46. The molecular formula is C48H49N. The van der Waals surface area contributed by atoms with Gasteiger partial charge in [0, 0.05) is 16.8 Å². The van der Waals surface area contributed by atoms with E-state index in [2.05, 4.69) is 148 Å². The van der Waals surface area contributed by atoms with Crippen LogP contribution in [0.4, 0.5) is 17.1 Å². The predicted molar refractivity (Wildman–Crippen MR) is 205 cm³/mol. The van der Waals surface area contributed by atoms with Gasteiger partial charge in [-0.05, 0) is 160 Å². The highest BCUT2D eigenvalue weighted by Gasteiger charge is 2.61.